The van der Waals surface area contributed by atoms with Crippen molar-refractivity contribution in [3.8, 4) is 11.5 Å². The number of aliphatic hydroxyl groups is 1. The Morgan fingerprint density at radius 1 is 1.15 bits per heavy atom. The average Bonchev–Trinajstić information content (AvgIpc) is 3.30. The first-order valence-electron chi connectivity index (χ1n) is 10.9. The van der Waals surface area contributed by atoms with Gasteiger partial charge in [-0.05, 0) is 43.7 Å². The number of rotatable bonds is 8. The number of amides is 1. The minimum Gasteiger partial charge on any atom is -0.505 e. The first-order valence-corrected chi connectivity index (χ1v) is 10.9. The van der Waals surface area contributed by atoms with Gasteiger partial charge >= 0.3 is 0 Å². The SMILES string of the molecule is CCOc1ccc(C2C(=C(O)c3c(C)nc4ccccn34)C(=O)C(=O)N2CCOC)cc1OC. The number of benzene rings is 1. The van der Waals surface area contributed by atoms with Gasteiger partial charge in [0, 0.05) is 19.9 Å². The highest BCUT2D eigenvalue weighted by Crippen LogP contribution is 2.42. The van der Waals surface area contributed by atoms with E-state index in [0.29, 0.717) is 40.7 Å². The van der Waals surface area contributed by atoms with Gasteiger partial charge in [-0.1, -0.05) is 12.1 Å². The minimum absolute atomic E-state index is 0.0129. The molecule has 1 aromatic carbocycles. The number of aliphatic hydroxyl groups excluding tert-OH is 1. The third kappa shape index (κ3) is 3.88. The second-order valence-corrected chi connectivity index (χ2v) is 7.80. The van der Waals surface area contributed by atoms with Crippen molar-refractivity contribution in [2.24, 2.45) is 0 Å². The van der Waals surface area contributed by atoms with E-state index in [9.17, 15) is 14.7 Å². The predicted molar refractivity (Wildman–Crippen MR) is 125 cm³/mol. The van der Waals surface area contributed by atoms with Crippen molar-refractivity contribution in [1.82, 2.24) is 14.3 Å². The molecule has 1 unspecified atom stereocenters. The summed E-state index contributed by atoms with van der Waals surface area (Å²) in [6.07, 6.45) is 1.75. The molecule has 9 heteroatoms. The molecule has 1 amide bonds. The third-order valence-corrected chi connectivity index (χ3v) is 5.81. The van der Waals surface area contributed by atoms with Crippen LogP contribution in [0.4, 0.5) is 0 Å². The monoisotopic (exact) mass is 465 g/mol. The number of fused-ring (bicyclic) bond motifs is 1. The average molecular weight is 466 g/mol. The summed E-state index contributed by atoms with van der Waals surface area (Å²) in [5.41, 5.74) is 2.11. The van der Waals surface area contributed by atoms with Gasteiger partial charge in [0.15, 0.2) is 17.3 Å². The number of methoxy groups -OCH3 is 2. The predicted octanol–water partition coefficient (Wildman–Crippen LogP) is 3.12. The quantitative estimate of drug-likeness (QED) is 0.310. The van der Waals surface area contributed by atoms with Gasteiger partial charge in [-0.3, -0.25) is 14.0 Å². The molecule has 1 aliphatic rings. The number of Topliss-reactive ketones (excluding diaryl/α,β-unsaturated/α-hetero) is 1. The van der Waals surface area contributed by atoms with Crippen molar-refractivity contribution in [3.05, 3.63) is 65.1 Å². The number of imidazole rings is 1. The zero-order chi connectivity index (χ0) is 24.4. The van der Waals surface area contributed by atoms with Crippen LogP contribution in [-0.4, -0.2) is 65.1 Å². The van der Waals surface area contributed by atoms with E-state index < -0.39 is 17.7 Å². The molecule has 34 heavy (non-hydrogen) atoms. The number of ether oxygens (including phenoxy) is 3. The lowest BCUT2D eigenvalue weighted by Gasteiger charge is -2.25. The highest BCUT2D eigenvalue weighted by molar-refractivity contribution is 6.46. The highest BCUT2D eigenvalue weighted by Gasteiger charge is 2.46. The molecule has 1 N–H and O–H groups in total. The molecule has 1 fully saturated rings. The molecule has 0 spiro atoms. The summed E-state index contributed by atoms with van der Waals surface area (Å²) in [4.78, 5) is 32.2. The molecule has 0 bridgehead atoms. The molecule has 4 rings (SSSR count). The van der Waals surface area contributed by atoms with Crippen LogP contribution in [-0.2, 0) is 14.3 Å². The van der Waals surface area contributed by atoms with Crippen molar-refractivity contribution in [1.29, 1.82) is 0 Å². The topological polar surface area (TPSA) is 103 Å². The summed E-state index contributed by atoms with van der Waals surface area (Å²) in [7, 11) is 3.04. The summed E-state index contributed by atoms with van der Waals surface area (Å²) in [5.74, 6) is -0.755. The molecule has 1 atom stereocenters. The van der Waals surface area contributed by atoms with Crippen LogP contribution in [0.1, 0.15) is 29.9 Å². The van der Waals surface area contributed by atoms with Crippen molar-refractivity contribution in [3.63, 3.8) is 0 Å². The Balaban J connectivity index is 1.93. The Hall–Kier alpha value is -3.85. The lowest BCUT2D eigenvalue weighted by atomic mass is 9.96. The molecular weight excluding hydrogens is 438 g/mol. The van der Waals surface area contributed by atoms with Gasteiger partial charge in [0.2, 0.25) is 0 Å². The zero-order valence-electron chi connectivity index (χ0n) is 19.6. The van der Waals surface area contributed by atoms with E-state index in [0.717, 1.165) is 0 Å². The molecule has 9 nitrogen and oxygen atoms in total. The van der Waals surface area contributed by atoms with E-state index in [-0.39, 0.29) is 24.5 Å². The molecule has 1 aliphatic heterocycles. The number of aryl methyl sites for hydroxylation is 1. The third-order valence-electron chi connectivity index (χ3n) is 5.81. The summed E-state index contributed by atoms with van der Waals surface area (Å²) in [6.45, 7) is 4.47. The van der Waals surface area contributed by atoms with Crippen LogP contribution < -0.4 is 9.47 Å². The Kier molecular flexibility index (Phi) is 6.56. The minimum atomic E-state index is -0.839. The molecule has 0 radical (unpaired) electrons. The first kappa shape index (κ1) is 23.3. The maximum atomic E-state index is 13.2. The van der Waals surface area contributed by atoms with Gasteiger partial charge in [0.25, 0.3) is 11.7 Å². The lowest BCUT2D eigenvalue weighted by molar-refractivity contribution is -0.140. The van der Waals surface area contributed by atoms with Gasteiger partial charge in [0.05, 0.1) is 37.6 Å². The summed E-state index contributed by atoms with van der Waals surface area (Å²) in [5, 5.41) is 11.4. The van der Waals surface area contributed by atoms with Gasteiger partial charge < -0.3 is 24.2 Å². The van der Waals surface area contributed by atoms with Crippen molar-refractivity contribution in [2.45, 2.75) is 19.9 Å². The van der Waals surface area contributed by atoms with E-state index >= 15 is 0 Å². The molecule has 3 aromatic rings. The molecule has 1 saturated heterocycles. The number of carbonyl (C=O) groups is 2. The standard InChI is InChI=1S/C25H27N3O6/c1-5-34-17-10-9-16(14-18(17)33-4)22-20(24(30)25(31)28(22)12-13-32-3)23(29)21-15(2)26-19-8-6-7-11-27(19)21/h6-11,14,22,29H,5,12-13H2,1-4H3. The van der Waals surface area contributed by atoms with E-state index in [1.54, 1.807) is 47.9 Å². The van der Waals surface area contributed by atoms with Crippen molar-refractivity contribution >= 4 is 23.1 Å². The first-order chi connectivity index (χ1) is 16.4. The Bertz CT molecular complexity index is 1280. The van der Waals surface area contributed by atoms with Crippen LogP contribution in [0.3, 0.4) is 0 Å². The molecule has 3 heterocycles. The summed E-state index contributed by atoms with van der Waals surface area (Å²) in [6, 6.07) is 9.81. The number of aromatic nitrogens is 2. The van der Waals surface area contributed by atoms with Gasteiger partial charge in [-0.25, -0.2) is 4.98 Å². The van der Waals surface area contributed by atoms with Gasteiger partial charge in [-0.2, -0.15) is 0 Å². The van der Waals surface area contributed by atoms with E-state index in [2.05, 4.69) is 4.98 Å². The second kappa shape index (κ2) is 9.56. The molecule has 2 aromatic heterocycles. The van der Waals surface area contributed by atoms with Crippen LogP contribution >= 0.6 is 0 Å². The fourth-order valence-corrected chi connectivity index (χ4v) is 4.30. The van der Waals surface area contributed by atoms with Crippen molar-refractivity contribution < 1.29 is 28.9 Å². The number of hydrogen-bond acceptors (Lipinski definition) is 7. The fourth-order valence-electron chi connectivity index (χ4n) is 4.30. The number of pyridine rings is 1. The lowest BCUT2D eigenvalue weighted by Crippen LogP contribution is -2.32. The van der Waals surface area contributed by atoms with Crippen LogP contribution in [0.15, 0.2) is 48.2 Å². The number of hydrogen-bond donors (Lipinski definition) is 1. The maximum absolute atomic E-state index is 13.2. The normalized spacial score (nSPS) is 17.5. The van der Waals surface area contributed by atoms with E-state index in [1.807, 2.05) is 13.0 Å². The van der Waals surface area contributed by atoms with Crippen LogP contribution in [0.25, 0.3) is 11.4 Å². The van der Waals surface area contributed by atoms with Crippen molar-refractivity contribution in [2.75, 3.05) is 34.0 Å². The number of likely N-dealkylation sites (tertiary alicyclic amines) is 1. The molecule has 178 valence electrons. The zero-order valence-corrected chi connectivity index (χ0v) is 19.6. The second-order valence-electron chi connectivity index (χ2n) is 7.80. The van der Waals surface area contributed by atoms with E-state index in [1.165, 1.54) is 19.1 Å². The van der Waals surface area contributed by atoms with Crippen LogP contribution in [0, 0.1) is 6.92 Å². The highest BCUT2D eigenvalue weighted by atomic mass is 16.5. The Morgan fingerprint density at radius 3 is 2.65 bits per heavy atom. The van der Waals surface area contributed by atoms with E-state index in [4.69, 9.17) is 14.2 Å². The summed E-state index contributed by atoms with van der Waals surface area (Å²) >= 11 is 0. The fraction of sp³-hybridized carbons (Fsp3) is 0.320. The number of ketones is 1. The van der Waals surface area contributed by atoms with Crippen LogP contribution in [0.5, 0.6) is 11.5 Å². The molecular formula is C25H27N3O6. The summed E-state index contributed by atoms with van der Waals surface area (Å²) < 4.78 is 18.0. The largest absolute Gasteiger partial charge is 0.505 e. The smallest absolute Gasteiger partial charge is 0.295 e. The number of nitrogens with zero attached hydrogens (tertiary/aromatic N) is 3. The molecule has 0 saturated carbocycles. The number of carbonyl (C=O) groups excluding carboxylic acids is 2. The van der Waals surface area contributed by atoms with Gasteiger partial charge in [-0.15, -0.1) is 0 Å². The molecule has 0 aliphatic carbocycles. The Labute approximate surface area is 197 Å². The van der Waals surface area contributed by atoms with Crippen LogP contribution in [0.2, 0.25) is 0 Å². The Morgan fingerprint density at radius 2 is 1.94 bits per heavy atom. The van der Waals surface area contributed by atoms with Gasteiger partial charge in [0.1, 0.15) is 11.3 Å². The maximum Gasteiger partial charge on any atom is 0.295 e.